The van der Waals surface area contributed by atoms with Crippen LogP contribution in [0.4, 0.5) is 0 Å². The van der Waals surface area contributed by atoms with Gasteiger partial charge in [0.05, 0.1) is 32.8 Å². The first-order valence-corrected chi connectivity index (χ1v) is 3.02. The minimum atomic E-state index is -1.75. The Labute approximate surface area is 66.3 Å². The SMILES string of the molecule is C=CC[N+](C)(C)C.O=[N+]([O-])[O-]. The van der Waals surface area contributed by atoms with Gasteiger partial charge < -0.3 is 19.8 Å². The largest absolute Gasteiger partial charge is 0.356 e. The van der Waals surface area contributed by atoms with Crippen molar-refractivity contribution in [2.45, 2.75) is 0 Å². The monoisotopic (exact) mass is 162 g/mol. The van der Waals surface area contributed by atoms with Gasteiger partial charge in [-0.05, 0) is 6.08 Å². The Morgan fingerprint density at radius 2 is 1.73 bits per heavy atom. The zero-order chi connectivity index (χ0) is 9.49. The van der Waals surface area contributed by atoms with Gasteiger partial charge in [0.2, 0.25) is 0 Å². The predicted octanol–water partition coefficient (Wildman–Crippen LogP) is 0.639. The van der Waals surface area contributed by atoms with Gasteiger partial charge in [0.25, 0.3) is 0 Å². The van der Waals surface area contributed by atoms with Crippen molar-refractivity contribution in [1.29, 1.82) is 0 Å². The molecule has 0 N–H and O–H groups in total. The number of quaternary nitrogens is 1. The van der Waals surface area contributed by atoms with E-state index in [4.69, 9.17) is 15.3 Å². The molecule has 0 unspecified atom stereocenters. The highest BCUT2D eigenvalue weighted by Crippen LogP contribution is 1.86. The van der Waals surface area contributed by atoms with Gasteiger partial charge in [-0.3, -0.25) is 0 Å². The number of likely N-dealkylation sites (N-methyl/N-ethyl adjacent to an activating group) is 1. The lowest BCUT2D eigenvalue weighted by atomic mass is 10.5. The molecule has 0 aliphatic rings. The molecule has 0 fully saturated rings. The fraction of sp³-hybridized carbons (Fsp3) is 0.667. The molecule has 11 heavy (non-hydrogen) atoms. The molecule has 66 valence electrons. The average Bonchev–Trinajstić information content (AvgIpc) is 1.58. The fourth-order valence-electron chi connectivity index (χ4n) is 0.387. The summed E-state index contributed by atoms with van der Waals surface area (Å²) in [6, 6.07) is 0. The van der Waals surface area contributed by atoms with E-state index in [-0.39, 0.29) is 0 Å². The van der Waals surface area contributed by atoms with Gasteiger partial charge >= 0.3 is 0 Å². The standard InChI is InChI=1S/C6H14N.NO3/c1-5-6-7(2,3)4;2-1(3)4/h5H,1,6H2,2-4H3;/q+1;-1. The van der Waals surface area contributed by atoms with E-state index in [1.54, 1.807) is 0 Å². The lowest BCUT2D eigenvalue weighted by Gasteiger charge is -2.21. The van der Waals surface area contributed by atoms with Crippen LogP contribution in [0.15, 0.2) is 12.7 Å². The lowest BCUT2D eigenvalue weighted by molar-refractivity contribution is -0.864. The summed E-state index contributed by atoms with van der Waals surface area (Å²) in [5.74, 6) is 0. The minimum absolute atomic E-state index is 0.976. The van der Waals surface area contributed by atoms with Crippen molar-refractivity contribution in [2.24, 2.45) is 0 Å². The van der Waals surface area contributed by atoms with Crippen LogP contribution in [-0.2, 0) is 0 Å². The van der Waals surface area contributed by atoms with Gasteiger partial charge in [-0.25, -0.2) is 0 Å². The van der Waals surface area contributed by atoms with Crippen LogP contribution in [0.1, 0.15) is 0 Å². The molecule has 0 aromatic carbocycles. The maximum absolute atomic E-state index is 8.25. The molecule has 0 aliphatic carbocycles. The van der Waals surface area contributed by atoms with E-state index in [0.29, 0.717) is 0 Å². The van der Waals surface area contributed by atoms with Crippen molar-refractivity contribution in [3.05, 3.63) is 28.0 Å². The van der Waals surface area contributed by atoms with Crippen molar-refractivity contribution >= 4 is 0 Å². The molecular weight excluding hydrogens is 148 g/mol. The van der Waals surface area contributed by atoms with Crippen molar-refractivity contribution < 1.29 is 9.57 Å². The van der Waals surface area contributed by atoms with Crippen molar-refractivity contribution in [3.63, 3.8) is 0 Å². The molecule has 5 nitrogen and oxygen atoms in total. The Hall–Kier alpha value is -1.10. The Bertz CT molecular complexity index is 124. The normalized spacial score (nSPS) is 9.36. The number of rotatable bonds is 2. The first-order valence-electron chi connectivity index (χ1n) is 3.02. The third-order valence-corrected chi connectivity index (χ3v) is 0.677. The van der Waals surface area contributed by atoms with Crippen LogP contribution in [0.5, 0.6) is 0 Å². The molecule has 0 heterocycles. The second kappa shape index (κ2) is 5.67. The summed E-state index contributed by atoms with van der Waals surface area (Å²) < 4.78 is 0.976. The second-order valence-electron chi connectivity index (χ2n) is 2.99. The van der Waals surface area contributed by atoms with Crippen LogP contribution >= 0.6 is 0 Å². The predicted molar refractivity (Wildman–Crippen MR) is 43.5 cm³/mol. The quantitative estimate of drug-likeness (QED) is 0.259. The molecule has 0 aliphatic heterocycles. The Morgan fingerprint density at radius 1 is 1.45 bits per heavy atom. The van der Waals surface area contributed by atoms with E-state index in [1.807, 2.05) is 6.08 Å². The van der Waals surface area contributed by atoms with E-state index >= 15 is 0 Å². The van der Waals surface area contributed by atoms with E-state index in [2.05, 4.69) is 27.7 Å². The van der Waals surface area contributed by atoms with E-state index < -0.39 is 5.09 Å². The zero-order valence-electron chi connectivity index (χ0n) is 7.11. The topological polar surface area (TPSA) is 66.2 Å². The third kappa shape index (κ3) is 50.4. The minimum Gasteiger partial charge on any atom is -0.356 e. The highest BCUT2D eigenvalue weighted by Gasteiger charge is 1.99. The molecule has 5 heteroatoms. The van der Waals surface area contributed by atoms with Crippen LogP contribution < -0.4 is 0 Å². The Balaban J connectivity index is 0. The molecule has 0 bridgehead atoms. The average molecular weight is 162 g/mol. The first-order chi connectivity index (χ1) is 4.79. The van der Waals surface area contributed by atoms with Crippen LogP contribution in [0.25, 0.3) is 0 Å². The number of nitrogens with zero attached hydrogens (tertiary/aromatic N) is 2. The third-order valence-electron chi connectivity index (χ3n) is 0.677. The molecule has 0 saturated carbocycles. The summed E-state index contributed by atoms with van der Waals surface area (Å²) in [5, 5.41) is 14.8. The number of hydrogen-bond acceptors (Lipinski definition) is 3. The molecular formula is C6H14N2O3. The molecule has 0 atom stereocenters. The Morgan fingerprint density at radius 3 is 1.73 bits per heavy atom. The summed E-state index contributed by atoms with van der Waals surface area (Å²) in [6.07, 6.45) is 1.93. The van der Waals surface area contributed by atoms with Crippen LogP contribution in [0.3, 0.4) is 0 Å². The maximum Gasteiger partial charge on any atom is 0.0964 e. The van der Waals surface area contributed by atoms with Gasteiger partial charge in [-0.2, -0.15) is 0 Å². The molecule has 0 saturated heterocycles. The summed E-state index contributed by atoms with van der Waals surface area (Å²) in [5.41, 5.74) is 0. The highest BCUT2D eigenvalue weighted by atomic mass is 16.9. The summed E-state index contributed by atoms with van der Waals surface area (Å²) in [7, 11) is 6.42. The Kier molecular flexibility index (Phi) is 6.47. The van der Waals surface area contributed by atoms with Crippen LogP contribution in [0.2, 0.25) is 0 Å². The molecule has 0 radical (unpaired) electrons. The van der Waals surface area contributed by atoms with Gasteiger partial charge in [-0.1, -0.05) is 6.58 Å². The molecule has 0 rings (SSSR count). The van der Waals surface area contributed by atoms with E-state index in [9.17, 15) is 0 Å². The zero-order valence-corrected chi connectivity index (χ0v) is 7.11. The van der Waals surface area contributed by atoms with E-state index in [0.717, 1.165) is 11.0 Å². The van der Waals surface area contributed by atoms with Crippen LogP contribution in [-0.4, -0.2) is 37.3 Å². The molecule has 0 aromatic heterocycles. The first kappa shape index (κ1) is 12.6. The van der Waals surface area contributed by atoms with Crippen molar-refractivity contribution in [1.82, 2.24) is 0 Å². The van der Waals surface area contributed by atoms with Crippen molar-refractivity contribution in [3.8, 4) is 0 Å². The lowest BCUT2D eigenvalue weighted by Crippen LogP contribution is -2.33. The maximum atomic E-state index is 8.25. The smallest absolute Gasteiger partial charge is 0.0964 e. The van der Waals surface area contributed by atoms with Gasteiger partial charge in [0.1, 0.15) is 0 Å². The number of hydrogen-bond donors (Lipinski definition) is 0. The highest BCUT2D eigenvalue weighted by molar-refractivity contribution is 4.63. The summed E-state index contributed by atoms with van der Waals surface area (Å²) >= 11 is 0. The van der Waals surface area contributed by atoms with Gasteiger partial charge in [0, 0.05) is 0 Å². The van der Waals surface area contributed by atoms with Crippen LogP contribution in [0, 0.1) is 15.3 Å². The molecule has 0 spiro atoms. The molecule has 0 amide bonds. The fourth-order valence-corrected chi connectivity index (χ4v) is 0.387. The van der Waals surface area contributed by atoms with Gasteiger partial charge in [0.15, 0.2) is 0 Å². The van der Waals surface area contributed by atoms with Gasteiger partial charge in [-0.15, -0.1) is 0 Å². The van der Waals surface area contributed by atoms with Crippen molar-refractivity contribution in [2.75, 3.05) is 27.7 Å². The second-order valence-corrected chi connectivity index (χ2v) is 2.99. The summed E-state index contributed by atoms with van der Waals surface area (Å²) in [6.45, 7) is 4.67. The molecule has 0 aromatic rings. The summed E-state index contributed by atoms with van der Waals surface area (Å²) in [4.78, 5) is 8.25. The van der Waals surface area contributed by atoms with E-state index in [1.165, 1.54) is 0 Å².